The Morgan fingerprint density at radius 1 is 1.41 bits per heavy atom. The predicted molar refractivity (Wildman–Crippen MR) is 67.3 cm³/mol. The maximum absolute atomic E-state index is 11.7. The van der Waals surface area contributed by atoms with Gasteiger partial charge >= 0.3 is 0 Å². The minimum Gasteiger partial charge on any atom is -0.368 e. The number of halogens is 2. The molecule has 9 heteroatoms. The summed E-state index contributed by atoms with van der Waals surface area (Å²) in [6.45, 7) is -0.537. The van der Waals surface area contributed by atoms with E-state index in [-0.39, 0.29) is 4.90 Å². The number of hydrogen-bond acceptors (Lipinski definition) is 4. The molecular weight excluding hydrogens is 380 g/mol. The molecule has 0 aliphatic rings. The lowest BCUT2D eigenvalue weighted by molar-refractivity contribution is -0.123. The first kappa shape index (κ1) is 14.6. The molecule has 17 heavy (non-hydrogen) atoms. The number of sulfonamides is 1. The van der Waals surface area contributed by atoms with Crippen molar-refractivity contribution in [3.05, 3.63) is 27.1 Å². The molecule has 0 unspecified atom stereocenters. The van der Waals surface area contributed by atoms with Crippen molar-refractivity contribution in [2.75, 3.05) is 6.61 Å². The highest BCUT2D eigenvalue weighted by Crippen LogP contribution is 2.25. The van der Waals surface area contributed by atoms with E-state index in [4.69, 9.17) is 5.73 Å². The Bertz CT molecular complexity index is 532. The summed E-state index contributed by atoms with van der Waals surface area (Å²) in [6, 6.07) is 4.63. The summed E-state index contributed by atoms with van der Waals surface area (Å²) >= 11 is 6.25. The van der Waals surface area contributed by atoms with Gasteiger partial charge in [0.1, 0.15) is 6.61 Å². The zero-order valence-electron chi connectivity index (χ0n) is 8.31. The van der Waals surface area contributed by atoms with Crippen LogP contribution in [0.3, 0.4) is 0 Å². The predicted octanol–water partition coefficient (Wildman–Crippen LogP) is 0.907. The quantitative estimate of drug-likeness (QED) is 0.733. The minimum atomic E-state index is -3.87. The third kappa shape index (κ3) is 4.36. The molecule has 6 nitrogen and oxygen atoms in total. The van der Waals surface area contributed by atoms with Gasteiger partial charge in [0.05, 0.1) is 4.90 Å². The molecule has 0 aliphatic carbocycles. The number of primary amides is 1. The average Bonchev–Trinajstić information content (AvgIpc) is 2.20. The molecule has 0 radical (unpaired) electrons. The third-order valence-corrected chi connectivity index (χ3v) is 4.27. The van der Waals surface area contributed by atoms with Crippen molar-refractivity contribution in [1.29, 1.82) is 0 Å². The Labute approximate surface area is 115 Å². The van der Waals surface area contributed by atoms with Crippen molar-refractivity contribution < 1.29 is 18.0 Å². The first-order chi connectivity index (χ1) is 7.83. The second kappa shape index (κ2) is 5.91. The highest BCUT2D eigenvalue weighted by molar-refractivity contribution is 9.11. The van der Waals surface area contributed by atoms with E-state index in [0.29, 0.717) is 8.95 Å². The minimum absolute atomic E-state index is 0.0173. The monoisotopic (exact) mass is 386 g/mol. The van der Waals surface area contributed by atoms with Gasteiger partial charge in [-0.1, -0.05) is 20.8 Å². The van der Waals surface area contributed by atoms with Gasteiger partial charge in [0.15, 0.2) is 0 Å². The second-order valence-electron chi connectivity index (χ2n) is 2.92. The Kier molecular flexibility index (Phi) is 5.07. The number of hydrogen-bond donors (Lipinski definition) is 2. The summed E-state index contributed by atoms with van der Waals surface area (Å²) in [5.41, 5.74) is 4.80. The summed E-state index contributed by atoms with van der Waals surface area (Å²) in [5.74, 6) is -0.777. The SMILES string of the molecule is NC(=O)CONS(=O)(=O)c1cc(Br)ccc1Br. The number of carbonyl (C=O) groups excluding carboxylic acids is 1. The largest absolute Gasteiger partial charge is 0.368 e. The maximum atomic E-state index is 11.7. The number of amides is 1. The van der Waals surface area contributed by atoms with Crippen LogP contribution in [0.15, 0.2) is 32.0 Å². The van der Waals surface area contributed by atoms with Crippen molar-refractivity contribution in [2.24, 2.45) is 5.73 Å². The molecule has 0 heterocycles. The normalized spacial score (nSPS) is 11.4. The summed E-state index contributed by atoms with van der Waals surface area (Å²) in [5, 5.41) is 0. The van der Waals surface area contributed by atoms with Gasteiger partial charge in [0, 0.05) is 8.95 Å². The molecule has 0 fully saturated rings. The van der Waals surface area contributed by atoms with Gasteiger partial charge in [-0.15, -0.1) is 0 Å². The van der Waals surface area contributed by atoms with Crippen molar-refractivity contribution >= 4 is 47.8 Å². The van der Waals surface area contributed by atoms with Crippen LogP contribution in [-0.2, 0) is 19.7 Å². The lowest BCUT2D eigenvalue weighted by Crippen LogP contribution is -2.29. The lowest BCUT2D eigenvalue weighted by Gasteiger charge is -2.08. The van der Waals surface area contributed by atoms with Crippen LogP contribution in [0, 0.1) is 0 Å². The van der Waals surface area contributed by atoms with Gasteiger partial charge in [-0.2, -0.15) is 0 Å². The molecule has 0 saturated carbocycles. The highest BCUT2D eigenvalue weighted by atomic mass is 79.9. The van der Waals surface area contributed by atoms with E-state index >= 15 is 0 Å². The maximum Gasteiger partial charge on any atom is 0.263 e. The molecule has 0 bridgehead atoms. The van der Waals surface area contributed by atoms with Gasteiger partial charge in [-0.3, -0.25) is 9.63 Å². The van der Waals surface area contributed by atoms with E-state index in [2.05, 4.69) is 36.7 Å². The van der Waals surface area contributed by atoms with E-state index < -0.39 is 22.5 Å². The third-order valence-electron chi connectivity index (χ3n) is 1.57. The topological polar surface area (TPSA) is 98.5 Å². The molecule has 1 aromatic rings. The number of benzene rings is 1. The van der Waals surface area contributed by atoms with Gasteiger partial charge in [-0.05, 0) is 34.1 Å². The van der Waals surface area contributed by atoms with E-state index in [9.17, 15) is 13.2 Å². The first-order valence-corrected chi connectivity index (χ1v) is 7.27. The Balaban J connectivity index is 2.89. The fourth-order valence-corrected chi connectivity index (χ4v) is 3.22. The van der Waals surface area contributed by atoms with Gasteiger partial charge in [0.2, 0.25) is 5.91 Å². The van der Waals surface area contributed by atoms with Crippen LogP contribution in [0.1, 0.15) is 0 Å². The molecular formula is C8H8Br2N2O4S. The smallest absolute Gasteiger partial charge is 0.263 e. The number of rotatable bonds is 5. The van der Waals surface area contributed by atoms with Crippen molar-refractivity contribution in [2.45, 2.75) is 4.90 Å². The lowest BCUT2D eigenvalue weighted by atomic mass is 10.4. The molecule has 1 rings (SSSR count). The fourth-order valence-electron chi connectivity index (χ4n) is 0.906. The van der Waals surface area contributed by atoms with E-state index in [1.54, 1.807) is 17.0 Å². The standard InChI is InChI=1S/C8H8Br2N2O4S/c9-5-1-2-6(10)7(3-5)17(14,15)12-16-4-8(11)13/h1-3,12H,4H2,(H2,11,13). The molecule has 0 saturated heterocycles. The summed E-state index contributed by atoms with van der Waals surface area (Å²) < 4.78 is 24.5. The molecule has 1 amide bonds. The summed E-state index contributed by atoms with van der Waals surface area (Å²) in [4.78, 5) is 16.6. The van der Waals surface area contributed by atoms with Crippen molar-refractivity contribution in [1.82, 2.24) is 4.89 Å². The molecule has 0 atom stereocenters. The van der Waals surface area contributed by atoms with Gasteiger partial charge in [0.25, 0.3) is 10.0 Å². The molecule has 0 aromatic heterocycles. The fraction of sp³-hybridized carbons (Fsp3) is 0.125. The van der Waals surface area contributed by atoms with Crippen LogP contribution in [0.5, 0.6) is 0 Å². The van der Waals surface area contributed by atoms with Crippen LogP contribution < -0.4 is 10.6 Å². The molecule has 0 spiro atoms. The highest BCUT2D eigenvalue weighted by Gasteiger charge is 2.18. The van der Waals surface area contributed by atoms with Crippen LogP contribution in [-0.4, -0.2) is 20.9 Å². The van der Waals surface area contributed by atoms with E-state index in [1.165, 1.54) is 6.07 Å². The number of nitrogens with one attached hydrogen (secondary N) is 1. The second-order valence-corrected chi connectivity index (χ2v) is 6.30. The van der Waals surface area contributed by atoms with Crippen molar-refractivity contribution in [3.63, 3.8) is 0 Å². The Morgan fingerprint density at radius 2 is 2.06 bits per heavy atom. The zero-order valence-corrected chi connectivity index (χ0v) is 12.3. The van der Waals surface area contributed by atoms with E-state index in [0.717, 1.165) is 0 Å². The molecule has 94 valence electrons. The first-order valence-electron chi connectivity index (χ1n) is 4.20. The van der Waals surface area contributed by atoms with E-state index in [1.807, 2.05) is 0 Å². The Hall–Kier alpha value is -0.480. The van der Waals surface area contributed by atoms with Crippen LogP contribution in [0.25, 0.3) is 0 Å². The van der Waals surface area contributed by atoms with Crippen LogP contribution in [0.2, 0.25) is 0 Å². The van der Waals surface area contributed by atoms with Gasteiger partial charge in [-0.25, -0.2) is 8.42 Å². The summed E-state index contributed by atoms with van der Waals surface area (Å²) in [6.07, 6.45) is 0. The molecule has 0 aliphatic heterocycles. The number of carbonyl (C=O) groups is 1. The van der Waals surface area contributed by atoms with Gasteiger partial charge < -0.3 is 5.73 Å². The Morgan fingerprint density at radius 3 is 2.65 bits per heavy atom. The molecule has 3 N–H and O–H groups in total. The summed E-state index contributed by atoms with van der Waals surface area (Å²) in [7, 11) is -3.87. The molecule has 1 aromatic carbocycles. The zero-order chi connectivity index (χ0) is 13.1. The van der Waals surface area contributed by atoms with Crippen LogP contribution >= 0.6 is 31.9 Å². The number of nitrogens with two attached hydrogens (primary N) is 1. The average molecular weight is 388 g/mol. The van der Waals surface area contributed by atoms with Crippen molar-refractivity contribution in [3.8, 4) is 0 Å². The van der Waals surface area contributed by atoms with Crippen LogP contribution in [0.4, 0.5) is 0 Å².